The number of hydrogen-bond donors (Lipinski definition) is 0. The Labute approximate surface area is 216 Å². The fourth-order valence-corrected chi connectivity index (χ4v) is 5.35. The molecule has 36 heavy (non-hydrogen) atoms. The van der Waals surface area contributed by atoms with E-state index in [1.165, 1.54) is 38.9 Å². The Morgan fingerprint density at radius 3 is 1.72 bits per heavy atom. The molecule has 0 aliphatic carbocycles. The molecule has 1 heterocycles. The van der Waals surface area contributed by atoms with Gasteiger partial charge >= 0.3 is 7.12 Å². The molecule has 0 N–H and O–H groups in total. The topological polar surface area (TPSA) is 18.5 Å². The quantitative estimate of drug-likeness (QED) is 0.280. The highest BCUT2D eigenvalue weighted by molar-refractivity contribution is 6.65. The summed E-state index contributed by atoms with van der Waals surface area (Å²) in [6.07, 6.45) is 0. The molecule has 1 aliphatic rings. The third-order valence-electron chi connectivity index (χ3n) is 7.82. The molecule has 2 nitrogen and oxygen atoms in total. The Hall–Kier alpha value is -3.14. The van der Waals surface area contributed by atoms with Gasteiger partial charge in [0.15, 0.2) is 0 Å². The SMILES string of the molecule is Cc1cc(C)c(-c2cccc(-c3cccc(-c4ccccc4)c3)c2B2OC(C)(C)C(C)(C)O2)c(C)c1. The number of hydrogen-bond acceptors (Lipinski definition) is 2. The van der Waals surface area contributed by atoms with E-state index in [2.05, 4.69) is 133 Å². The molecule has 0 spiro atoms. The summed E-state index contributed by atoms with van der Waals surface area (Å²) in [6, 6.07) is 30.4. The van der Waals surface area contributed by atoms with Gasteiger partial charge in [0.2, 0.25) is 0 Å². The number of benzene rings is 4. The lowest BCUT2D eigenvalue weighted by Crippen LogP contribution is -2.41. The summed E-state index contributed by atoms with van der Waals surface area (Å²) in [4.78, 5) is 0. The van der Waals surface area contributed by atoms with E-state index >= 15 is 0 Å². The molecular formula is C33H35BO2. The Morgan fingerprint density at radius 1 is 0.556 bits per heavy atom. The first-order valence-corrected chi connectivity index (χ1v) is 12.8. The maximum Gasteiger partial charge on any atom is 0.496 e. The second-order valence-electron chi connectivity index (χ2n) is 11.1. The summed E-state index contributed by atoms with van der Waals surface area (Å²) < 4.78 is 13.3. The first kappa shape index (κ1) is 24.6. The molecule has 1 aliphatic heterocycles. The van der Waals surface area contributed by atoms with Gasteiger partial charge in [-0.1, -0.05) is 84.4 Å². The van der Waals surface area contributed by atoms with E-state index in [1.54, 1.807) is 0 Å². The normalized spacial score (nSPS) is 16.4. The van der Waals surface area contributed by atoms with Gasteiger partial charge in [-0.2, -0.15) is 0 Å². The van der Waals surface area contributed by atoms with Gasteiger partial charge in [0, 0.05) is 0 Å². The van der Waals surface area contributed by atoms with Crippen LogP contribution in [0.5, 0.6) is 0 Å². The standard InChI is InChI=1S/C33H35BO2/c1-22-19-23(2)30(24(3)20-22)29-18-12-17-28(31(29)34-35-32(4,5)33(6,7)36-34)27-16-11-15-26(21-27)25-13-9-8-10-14-25/h8-21H,1-7H3. The van der Waals surface area contributed by atoms with Crippen molar-refractivity contribution in [3.05, 3.63) is 102 Å². The van der Waals surface area contributed by atoms with Crippen LogP contribution in [0.2, 0.25) is 0 Å². The average Bonchev–Trinajstić information content (AvgIpc) is 3.05. The van der Waals surface area contributed by atoms with Crippen molar-refractivity contribution in [2.24, 2.45) is 0 Å². The number of rotatable bonds is 4. The summed E-state index contributed by atoms with van der Waals surface area (Å²) >= 11 is 0. The fourth-order valence-electron chi connectivity index (χ4n) is 5.35. The zero-order chi connectivity index (χ0) is 25.7. The molecule has 182 valence electrons. The summed E-state index contributed by atoms with van der Waals surface area (Å²) in [5, 5.41) is 0. The summed E-state index contributed by atoms with van der Waals surface area (Å²) in [7, 11) is -0.471. The van der Waals surface area contributed by atoms with Crippen molar-refractivity contribution in [3.63, 3.8) is 0 Å². The largest absolute Gasteiger partial charge is 0.496 e. The fraction of sp³-hybridized carbons (Fsp3) is 0.273. The maximum absolute atomic E-state index is 6.67. The number of aryl methyl sites for hydroxylation is 3. The van der Waals surface area contributed by atoms with Gasteiger partial charge < -0.3 is 9.31 Å². The Bertz CT molecular complexity index is 1380. The Kier molecular flexibility index (Phi) is 6.18. The zero-order valence-corrected chi connectivity index (χ0v) is 22.5. The predicted molar refractivity (Wildman–Crippen MR) is 153 cm³/mol. The van der Waals surface area contributed by atoms with E-state index in [-0.39, 0.29) is 0 Å². The molecule has 3 heteroatoms. The molecule has 4 aromatic rings. The molecule has 1 fully saturated rings. The molecular weight excluding hydrogens is 439 g/mol. The lowest BCUT2D eigenvalue weighted by atomic mass is 9.69. The van der Waals surface area contributed by atoms with Crippen LogP contribution in [0.15, 0.2) is 84.9 Å². The van der Waals surface area contributed by atoms with Crippen molar-refractivity contribution >= 4 is 12.6 Å². The van der Waals surface area contributed by atoms with Crippen molar-refractivity contribution in [1.29, 1.82) is 0 Å². The van der Waals surface area contributed by atoms with E-state index in [0.29, 0.717) is 0 Å². The third kappa shape index (κ3) is 4.32. The molecule has 0 saturated carbocycles. The average molecular weight is 474 g/mol. The smallest absolute Gasteiger partial charge is 0.399 e. The molecule has 0 unspecified atom stereocenters. The van der Waals surface area contributed by atoms with Crippen molar-refractivity contribution in [3.8, 4) is 33.4 Å². The highest BCUT2D eigenvalue weighted by Crippen LogP contribution is 2.40. The lowest BCUT2D eigenvalue weighted by molar-refractivity contribution is 0.00578. The van der Waals surface area contributed by atoms with Gasteiger partial charge in [-0.05, 0) is 105 Å². The maximum atomic E-state index is 6.67. The molecule has 0 aromatic heterocycles. The van der Waals surface area contributed by atoms with Crippen LogP contribution in [0.4, 0.5) is 0 Å². The van der Waals surface area contributed by atoms with Gasteiger partial charge in [-0.3, -0.25) is 0 Å². The van der Waals surface area contributed by atoms with Crippen LogP contribution in [-0.4, -0.2) is 18.3 Å². The zero-order valence-electron chi connectivity index (χ0n) is 22.5. The van der Waals surface area contributed by atoms with Gasteiger partial charge in [-0.25, -0.2) is 0 Å². The van der Waals surface area contributed by atoms with Crippen molar-refractivity contribution < 1.29 is 9.31 Å². The van der Waals surface area contributed by atoms with Gasteiger partial charge in [0.25, 0.3) is 0 Å². The van der Waals surface area contributed by atoms with Crippen molar-refractivity contribution in [1.82, 2.24) is 0 Å². The van der Waals surface area contributed by atoms with Crippen LogP contribution in [0, 0.1) is 20.8 Å². The molecule has 0 atom stereocenters. The molecule has 5 rings (SSSR count). The van der Waals surface area contributed by atoms with Crippen LogP contribution in [0.25, 0.3) is 33.4 Å². The second kappa shape index (κ2) is 9.07. The van der Waals surface area contributed by atoms with E-state index in [9.17, 15) is 0 Å². The lowest BCUT2D eigenvalue weighted by Gasteiger charge is -2.32. The van der Waals surface area contributed by atoms with Gasteiger partial charge in [0.05, 0.1) is 11.2 Å². The van der Waals surface area contributed by atoms with E-state index in [0.717, 1.165) is 16.6 Å². The second-order valence-corrected chi connectivity index (χ2v) is 11.1. The summed E-state index contributed by atoms with van der Waals surface area (Å²) in [5.74, 6) is 0. The first-order valence-electron chi connectivity index (χ1n) is 12.8. The van der Waals surface area contributed by atoms with E-state index < -0.39 is 18.3 Å². The van der Waals surface area contributed by atoms with Crippen LogP contribution in [-0.2, 0) is 9.31 Å². The molecule has 0 bridgehead atoms. The minimum atomic E-state index is -0.471. The van der Waals surface area contributed by atoms with Crippen LogP contribution in [0.1, 0.15) is 44.4 Å². The molecule has 1 saturated heterocycles. The van der Waals surface area contributed by atoms with E-state index in [1.807, 2.05) is 0 Å². The van der Waals surface area contributed by atoms with Crippen molar-refractivity contribution in [2.75, 3.05) is 0 Å². The summed E-state index contributed by atoms with van der Waals surface area (Å²) in [6.45, 7) is 15.0. The first-order chi connectivity index (χ1) is 17.1. The van der Waals surface area contributed by atoms with E-state index in [4.69, 9.17) is 9.31 Å². The minimum Gasteiger partial charge on any atom is -0.399 e. The minimum absolute atomic E-state index is 0.425. The Morgan fingerprint density at radius 2 is 1.08 bits per heavy atom. The van der Waals surface area contributed by atoms with Gasteiger partial charge in [0.1, 0.15) is 0 Å². The monoisotopic (exact) mass is 474 g/mol. The van der Waals surface area contributed by atoms with Crippen LogP contribution >= 0.6 is 0 Å². The highest BCUT2D eigenvalue weighted by atomic mass is 16.7. The van der Waals surface area contributed by atoms with Gasteiger partial charge in [-0.15, -0.1) is 0 Å². The highest BCUT2D eigenvalue weighted by Gasteiger charge is 2.53. The molecule has 0 amide bonds. The van der Waals surface area contributed by atoms with Crippen LogP contribution in [0.3, 0.4) is 0 Å². The summed E-state index contributed by atoms with van der Waals surface area (Å²) in [5.41, 5.74) is 11.2. The third-order valence-corrected chi connectivity index (χ3v) is 7.82. The Balaban J connectivity index is 1.75. The molecule has 4 aromatic carbocycles. The van der Waals surface area contributed by atoms with Crippen molar-refractivity contribution in [2.45, 2.75) is 59.7 Å². The molecule has 0 radical (unpaired) electrons. The predicted octanol–water partition coefficient (Wildman–Crippen LogP) is 7.91. The van der Waals surface area contributed by atoms with Crippen LogP contribution < -0.4 is 5.46 Å².